The van der Waals surface area contributed by atoms with Gasteiger partial charge in [0.2, 0.25) is 0 Å². The molecule has 0 unspecified atom stereocenters. The maximum atomic E-state index is 12.8. The summed E-state index contributed by atoms with van der Waals surface area (Å²) in [6.45, 7) is -1.09. The number of aryl methyl sites for hydroxylation is 1. The lowest BCUT2D eigenvalue weighted by Crippen LogP contribution is -2.11. The van der Waals surface area contributed by atoms with Gasteiger partial charge in [0.05, 0.1) is 12.0 Å². The van der Waals surface area contributed by atoms with E-state index >= 15 is 0 Å². The number of carbonyl (C=O) groups excluding carboxylic acids is 1. The van der Waals surface area contributed by atoms with Gasteiger partial charge >= 0.3 is 6.61 Å². The molecule has 0 saturated heterocycles. The Kier molecular flexibility index (Phi) is 5.71. The average molecular weight is 389 g/mol. The quantitative estimate of drug-likeness (QED) is 0.598. The van der Waals surface area contributed by atoms with Crippen molar-refractivity contribution >= 4 is 22.9 Å². The first-order valence-electron chi connectivity index (χ1n) is 8.06. The van der Waals surface area contributed by atoms with E-state index in [2.05, 4.69) is 10.1 Å². The van der Waals surface area contributed by atoms with Gasteiger partial charge in [0.25, 0.3) is 5.91 Å². The summed E-state index contributed by atoms with van der Waals surface area (Å²) >= 11 is 1.34. The molecule has 0 atom stereocenters. The Labute approximate surface area is 159 Å². The Bertz CT molecular complexity index is 939. The molecule has 1 aromatic heterocycles. The molecule has 0 aliphatic carbocycles. The summed E-state index contributed by atoms with van der Waals surface area (Å²) in [6.07, 6.45) is 0. The molecule has 27 heavy (non-hydrogen) atoms. The minimum atomic E-state index is -2.95. The summed E-state index contributed by atoms with van der Waals surface area (Å²) in [5, 5.41) is 4.64. The molecule has 1 N–H and O–H groups in total. The number of thiophene rings is 1. The van der Waals surface area contributed by atoms with Crippen molar-refractivity contribution in [1.29, 1.82) is 0 Å². The molecule has 3 rings (SSSR count). The minimum absolute atomic E-state index is 0.0282. The van der Waals surface area contributed by atoms with Gasteiger partial charge in [-0.15, -0.1) is 11.3 Å². The molecule has 0 aliphatic heterocycles. The van der Waals surface area contributed by atoms with Crippen molar-refractivity contribution in [2.75, 3.05) is 12.4 Å². The fourth-order valence-electron chi connectivity index (χ4n) is 2.60. The van der Waals surface area contributed by atoms with E-state index in [1.807, 2.05) is 18.4 Å². The van der Waals surface area contributed by atoms with Gasteiger partial charge in [-0.05, 0) is 59.8 Å². The van der Waals surface area contributed by atoms with Crippen LogP contribution in [0.25, 0.3) is 11.1 Å². The number of hydrogen-bond acceptors (Lipinski definition) is 4. The number of halogens is 2. The van der Waals surface area contributed by atoms with Crippen molar-refractivity contribution in [3.63, 3.8) is 0 Å². The zero-order valence-electron chi connectivity index (χ0n) is 14.7. The van der Waals surface area contributed by atoms with E-state index in [-0.39, 0.29) is 11.7 Å². The molecule has 140 valence electrons. The zero-order chi connectivity index (χ0) is 19.4. The average Bonchev–Trinajstić information content (AvgIpc) is 3.09. The third kappa shape index (κ3) is 4.43. The van der Waals surface area contributed by atoms with E-state index < -0.39 is 6.61 Å². The van der Waals surface area contributed by atoms with E-state index in [9.17, 15) is 13.6 Å². The number of alkyl halides is 2. The molecule has 0 radical (unpaired) electrons. The number of carbonyl (C=O) groups is 1. The highest BCUT2D eigenvalue weighted by molar-refractivity contribution is 7.12. The lowest BCUT2D eigenvalue weighted by atomic mass is 10.0. The van der Waals surface area contributed by atoms with E-state index in [1.165, 1.54) is 23.5 Å². The van der Waals surface area contributed by atoms with Crippen molar-refractivity contribution in [3.05, 3.63) is 64.4 Å². The number of methoxy groups -OCH3 is 1. The second-order valence-corrected chi connectivity index (χ2v) is 6.62. The number of hydrogen-bond donors (Lipinski definition) is 1. The van der Waals surface area contributed by atoms with E-state index in [4.69, 9.17) is 4.74 Å². The number of anilines is 1. The summed E-state index contributed by atoms with van der Waals surface area (Å²) < 4.78 is 35.3. The van der Waals surface area contributed by atoms with Crippen molar-refractivity contribution < 1.29 is 23.0 Å². The van der Waals surface area contributed by atoms with Crippen LogP contribution in [0, 0.1) is 6.92 Å². The zero-order valence-corrected chi connectivity index (χ0v) is 15.5. The fraction of sp³-hybridized carbons (Fsp3) is 0.150. The molecule has 0 fully saturated rings. The van der Waals surface area contributed by atoms with Gasteiger partial charge < -0.3 is 14.8 Å². The van der Waals surface area contributed by atoms with E-state index in [1.54, 1.807) is 37.4 Å². The highest BCUT2D eigenvalue weighted by Gasteiger charge is 2.15. The molecule has 0 aliphatic rings. The van der Waals surface area contributed by atoms with Crippen LogP contribution in [0.4, 0.5) is 14.5 Å². The summed E-state index contributed by atoms with van der Waals surface area (Å²) in [5.74, 6) is 0.430. The Morgan fingerprint density at radius 1 is 1.11 bits per heavy atom. The second-order valence-electron chi connectivity index (χ2n) is 5.70. The molecule has 3 aromatic rings. The Morgan fingerprint density at radius 3 is 2.44 bits per heavy atom. The minimum Gasteiger partial charge on any atom is -0.497 e. The predicted octanol–water partition coefficient (Wildman–Crippen LogP) is 5.59. The van der Waals surface area contributed by atoms with Crippen LogP contribution >= 0.6 is 11.3 Å². The number of rotatable bonds is 6. The normalized spacial score (nSPS) is 10.7. The largest absolute Gasteiger partial charge is 0.497 e. The van der Waals surface area contributed by atoms with Gasteiger partial charge in [0, 0.05) is 11.3 Å². The Hall–Kier alpha value is -2.93. The Morgan fingerprint density at radius 2 is 1.85 bits per heavy atom. The topological polar surface area (TPSA) is 47.6 Å². The smallest absolute Gasteiger partial charge is 0.387 e. The molecular formula is C20H17F2NO3S. The number of amides is 1. The van der Waals surface area contributed by atoms with Crippen molar-refractivity contribution in [3.8, 4) is 22.6 Å². The SMILES string of the molecule is COc1ccc(-c2cc(NC(=O)c3sccc3C)ccc2OC(F)F)cc1. The summed E-state index contributed by atoms with van der Waals surface area (Å²) in [4.78, 5) is 13.0. The van der Waals surface area contributed by atoms with Crippen molar-refractivity contribution in [1.82, 2.24) is 0 Å². The third-order valence-corrected chi connectivity index (χ3v) is 4.94. The van der Waals surface area contributed by atoms with Gasteiger partial charge in [-0.1, -0.05) is 12.1 Å². The van der Waals surface area contributed by atoms with Gasteiger partial charge in [-0.25, -0.2) is 0 Å². The van der Waals surface area contributed by atoms with Crippen LogP contribution in [0.1, 0.15) is 15.2 Å². The molecule has 1 heterocycles. The first-order chi connectivity index (χ1) is 13.0. The van der Waals surface area contributed by atoms with Gasteiger partial charge in [0.15, 0.2) is 0 Å². The van der Waals surface area contributed by atoms with Gasteiger partial charge in [0.1, 0.15) is 11.5 Å². The first-order valence-corrected chi connectivity index (χ1v) is 8.94. The van der Waals surface area contributed by atoms with Crippen LogP contribution in [0.5, 0.6) is 11.5 Å². The number of ether oxygens (including phenoxy) is 2. The van der Waals surface area contributed by atoms with Crippen molar-refractivity contribution in [2.24, 2.45) is 0 Å². The summed E-state index contributed by atoms with van der Waals surface area (Å²) in [5.41, 5.74) is 2.47. The van der Waals surface area contributed by atoms with Gasteiger partial charge in [-0.2, -0.15) is 8.78 Å². The highest BCUT2D eigenvalue weighted by Crippen LogP contribution is 2.35. The molecule has 4 nitrogen and oxygen atoms in total. The van der Waals surface area contributed by atoms with Crippen LogP contribution < -0.4 is 14.8 Å². The Balaban J connectivity index is 1.94. The molecule has 2 aromatic carbocycles. The third-order valence-electron chi connectivity index (χ3n) is 3.92. The lowest BCUT2D eigenvalue weighted by Gasteiger charge is -2.14. The first kappa shape index (κ1) is 18.8. The summed E-state index contributed by atoms with van der Waals surface area (Å²) in [7, 11) is 1.54. The van der Waals surface area contributed by atoms with Crippen LogP contribution in [-0.2, 0) is 0 Å². The maximum absolute atomic E-state index is 12.8. The molecule has 1 amide bonds. The number of benzene rings is 2. The standard InChI is InChI=1S/C20H17F2NO3S/c1-12-9-10-27-18(12)19(24)23-14-5-8-17(26-20(21)22)16(11-14)13-3-6-15(25-2)7-4-13/h3-11,20H,1-2H3,(H,23,24). The summed E-state index contributed by atoms with van der Waals surface area (Å²) in [6, 6.07) is 13.4. The van der Waals surface area contributed by atoms with Gasteiger partial charge in [-0.3, -0.25) is 4.79 Å². The van der Waals surface area contributed by atoms with Crippen molar-refractivity contribution in [2.45, 2.75) is 13.5 Å². The molecule has 0 spiro atoms. The van der Waals surface area contributed by atoms with E-state index in [0.717, 1.165) is 5.56 Å². The van der Waals surface area contributed by atoms with Crippen LogP contribution in [0.3, 0.4) is 0 Å². The molecule has 7 heteroatoms. The number of nitrogens with one attached hydrogen (secondary N) is 1. The van der Waals surface area contributed by atoms with Crippen LogP contribution in [0.2, 0.25) is 0 Å². The second kappa shape index (κ2) is 8.18. The monoisotopic (exact) mass is 389 g/mol. The molecule has 0 saturated carbocycles. The highest BCUT2D eigenvalue weighted by atomic mass is 32.1. The van der Waals surface area contributed by atoms with Crippen LogP contribution in [0.15, 0.2) is 53.9 Å². The fourth-order valence-corrected chi connectivity index (χ4v) is 3.42. The maximum Gasteiger partial charge on any atom is 0.387 e. The predicted molar refractivity (Wildman–Crippen MR) is 102 cm³/mol. The molecule has 0 bridgehead atoms. The van der Waals surface area contributed by atoms with Crippen LogP contribution in [-0.4, -0.2) is 19.6 Å². The lowest BCUT2D eigenvalue weighted by molar-refractivity contribution is -0.0494. The van der Waals surface area contributed by atoms with E-state index in [0.29, 0.717) is 27.4 Å². The molecular weight excluding hydrogens is 372 g/mol.